The van der Waals surface area contributed by atoms with Gasteiger partial charge in [0.25, 0.3) is 0 Å². The Morgan fingerprint density at radius 1 is 1.42 bits per heavy atom. The van der Waals surface area contributed by atoms with E-state index in [4.69, 9.17) is 0 Å². The molecular weight excluding hydrogens is 300 g/mol. The van der Waals surface area contributed by atoms with Crippen molar-refractivity contribution in [3.05, 3.63) is 33.8 Å². The monoisotopic (exact) mass is 324 g/mol. The highest BCUT2D eigenvalue weighted by Gasteiger charge is 2.30. The normalized spacial score (nSPS) is 16.9. The Labute approximate surface area is 125 Å². The smallest absolute Gasteiger partial charge is 0.0244 e. The molecule has 2 rings (SSSR count). The minimum Gasteiger partial charge on any atom is -0.313 e. The molecule has 1 atom stereocenters. The second-order valence-electron chi connectivity index (χ2n) is 5.70. The van der Waals surface area contributed by atoms with Crippen LogP contribution >= 0.6 is 15.9 Å². The van der Waals surface area contributed by atoms with Crippen LogP contribution in [0.2, 0.25) is 0 Å². The van der Waals surface area contributed by atoms with Crippen LogP contribution in [-0.4, -0.2) is 24.5 Å². The van der Waals surface area contributed by atoms with E-state index < -0.39 is 0 Å². The van der Waals surface area contributed by atoms with Crippen LogP contribution in [0.3, 0.4) is 0 Å². The fourth-order valence-electron chi connectivity index (χ4n) is 2.45. The molecule has 106 valence electrons. The highest BCUT2D eigenvalue weighted by atomic mass is 79.9. The Hall–Kier alpha value is -0.380. The predicted octanol–water partition coefficient (Wildman–Crippen LogP) is 3.79. The minimum atomic E-state index is 0.702. The Kier molecular flexibility index (Phi) is 5.43. The van der Waals surface area contributed by atoms with Gasteiger partial charge in [0, 0.05) is 23.6 Å². The van der Waals surface area contributed by atoms with Gasteiger partial charge in [0.1, 0.15) is 0 Å². The summed E-state index contributed by atoms with van der Waals surface area (Å²) in [5.74, 6) is 0.928. The summed E-state index contributed by atoms with van der Waals surface area (Å²) in [4.78, 5) is 2.47. The third-order valence-corrected chi connectivity index (χ3v) is 4.85. The SMILES string of the molecule is CCNCc1ccc(CN(C)C(C)C2CC2)c(Br)c1. The molecule has 1 aliphatic carbocycles. The summed E-state index contributed by atoms with van der Waals surface area (Å²) in [7, 11) is 2.24. The minimum absolute atomic E-state index is 0.702. The van der Waals surface area contributed by atoms with Crippen molar-refractivity contribution in [2.45, 2.75) is 45.8 Å². The van der Waals surface area contributed by atoms with Gasteiger partial charge in [-0.15, -0.1) is 0 Å². The number of nitrogens with zero attached hydrogens (tertiary/aromatic N) is 1. The summed E-state index contributed by atoms with van der Waals surface area (Å²) >= 11 is 3.71. The lowest BCUT2D eigenvalue weighted by Crippen LogP contribution is -2.30. The molecule has 1 aromatic rings. The molecule has 0 aromatic heterocycles. The molecule has 1 aliphatic rings. The number of hydrogen-bond acceptors (Lipinski definition) is 2. The second-order valence-corrected chi connectivity index (χ2v) is 6.55. The zero-order valence-electron chi connectivity index (χ0n) is 12.2. The van der Waals surface area contributed by atoms with Crippen LogP contribution in [0.1, 0.15) is 37.8 Å². The Morgan fingerprint density at radius 3 is 2.74 bits per heavy atom. The third kappa shape index (κ3) is 4.30. The molecule has 1 fully saturated rings. The molecule has 1 N–H and O–H groups in total. The van der Waals surface area contributed by atoms with Gasteiger partial charge in [-0.3, -0.25) is 4.90 Å². The average Bonchev–Trinajstić information content (AvgIpc) is 3.22. The third-order valence-electron chi connectivity index (χ3n) is 4.12. The summed E-state index contributed by atoms with van der Waals surface area (Å²) in [6.45, 7) is 7.48. The van der Waals surface area contributed by atoms with Crippen molar-refractivity contribution < 1.29 is 0 Å². The molecule has 1 unspecified atom stereocenters. The molecular formula is C16H25BrN2. The van der Waals surface area contributed by atoms with E-state index in [1.165, 1.54) is 28.4 Å². The molecule has 0 amide bonds. The van der Waals surface area contributed by atoms with Crippen molar-refractivity contribution >= 4 is 15.9 Å². The first-order valence-electron chi connectivity index (χ1n) is 7.30. The zero-order valence-corrected chi connectivity index (χ0v) is 13.8. The van der Waals surface area contributed by atoms with Crippen LogP contribution in [0.25, 0.3) is 0 Å². The van der Waals surface area contributed by atoms with Crippen molar-refractivity contribution in [3.8, 4) is 0 Å². The maximum Gasteiger partial charge on any atom is 0.0244 e. The number of halogens is 1. The van der Waals surface area contributed by atoms with Crippen molar-refractivity contribution in [2.75, 3.05) is 13.6 Å². The zero-order chi connectivity index (χ0) is 13.8. The molecule has 19 heavy (non-hydrogen) atoms. The fraction of sp³-hybridized carbons (Fsp3) is 0.625. The van der Waals surface area contributed by atoms with E-state index in [2.05, 4.69) is 65.2 Å². The van der Waals surface area contributed by atoms with Crippen molar-refractivity contribution in [2.24, 2.45) is 5.92 Å². The van der Waals surface area contributed by atoms with Crippen LogP contribution < -0.4 is 5.32 Å². The molecule has 0 heterocycles. The molecule has 0 saturated heterocycles. The van der Waals surface area contributed by atoms with Gasteiger partial charge in [0.05, 0.1) is 0 Å². The van der Waals surface area contributed by atoms with Crippen molar-refractivity contribution in [3.63, 3.8) is 0 Å². The van der Waals surface area contributed by atoms with Gasteiger partial charge in [-0.2, -0.15) is 0 Å². The number of rotatable bonds is 7. The topological polar surface area (TPSA) is 15.3 Å². The average molecular weight is 325 g/mol. The molecule has 1 aromatic carbocycles. The summed E-state index contributed by atoms with van der Waals surface area (Å²) in [6.07, 6.45) is 2.82. The molecule has 2 nitrogen and oxygen atoms in total. The molecule has 0 spiro atoms. The fourth-order valence-corrected chi connectivity index (χ4v) is 3.00. The van der Waals surface area contributed by atoms with E-state index in [1.807, 2.05) is 0 Å². The van der Waals surface area contributed by atoms with Gasteiger partial charge >= 0.3 is 0 Å². The first-order valence-corrected chi connectivity index (χ1v) is 8.09. The second kappa shape index (κ2) is 6.87. The van der Waals surface area contributed by atoms with Crippen LogP contribution in [0, 0.1) is 5.92 Å². The van der Waals surface area contributed by atoms with Crippen LogP contribution in [0.15, 0.2) is 22.7 Å². The van der Waals surface area contributed by atoms with E-state index in [-0.39, 0.29) is 0 Å². The van der Waals surface area contributed by atoms with Gasteiger partial charge < -0.3 is 5.32 Å². The van der Waals surface area contributed by atoms with Crippen molar-refractivity contribution in [1.82, 2.24) is 10.2 Å². The van der Waals surface area contributed by atoms with Crippen molar-refractivity contribution in [1.29, 1.82) is 0 Å². The highest BCUT2D eigenvalue weighted by Crippen LogP contribution is 2.35. The van der Waals surface area contributed by atoms with Crippen LogP contribution in [0.4, 0.5) is 0 Å². The molecule has 0 radical (unpaired) electrons. The summed E-state index contributed by atoms with van der Waals surface area (Å²) < 4.78 is 1.23. The molecule has 0 bridgehead atoms. The highest BCUT2D eigenvalue weighted by molar-refractivity contribution is 9.10. The quantitative estimate of drug-likeness (QED) is 0.820. The van der Waals surface area contributed by atoms with E-state index in [9.17, 15) is 0 Å². The predicted molar refractivity (Wildman–Crippen MR) is 85.2 cm³/mol. The number of benzene rings is 1. The lowest BCUT2D eigenvalue weighted by molar-refractivity contribution is 0.226. The van der Waals surface area contributed by atoms with Gasteiger partial charge in [-0.25, -0.2) is 0 Å². The van der Waals surface area contributed by atoms with E-state index >= 15 is 0 Å². The van der Waals surface area contributed by atoms with Gasteiger partial charge in [-0.05, 0) is 56.5 Å². The first-order chi connectivity index (χ1) is 9.11. The summed E-state index contributed by atoms with van der Waals surface area (Å²) in [5.41, 5.74) is 2.73. The standard InChI is InChI=1S/C16H25BrN2/c1-4-18-10-13-5-6-15(16(17)9-13)11-19(3)12(2)14-7-8-14/h5-6,9,12,14,18H,4,7-8,10-11H2,1-3H3. The van der Waals surface area contributed by atoms with E-state index in [1.54, 1.807) is 0 Å². The molecule has 1 saturated carbocycles. The maximum atomic E-state index is 3.71. The Balaban J connectivity index is 1.95. The molecule has 0 aliphatic heterocycles. The van der Waals surface area contributed by atoms with Crippen LogP contribution in [-0.2, 0) is 13.1 Å². The number of nitrogens with one attached hydrogen (secondary N) is 1. The lowest BCUT2D eigenvalue weighted by atomic mass is 10.1. The van der Waals surface area contributed by atoms with Gasteiger partial charge in [0.2, 0.25) is 0 Å². The lowest BCUT2D eigenvalue weighted by Gasteiger charge is -2.25. The number of hydrogen-bond donors (Lipinski definition) is 1. The Bertz CT molecular complexity index is 415. The summed E-state index contributed by atoms with van der Waals surface area (Å²) in [5, 5.41) is 3.36. The van der Waals surface area contributed by atoms with E-state index in [0.717, 1.165) is 25.6 Å². The van der Waals surface area contributed by atoms with Crippen LogP contribution in [0.5, 0.6) is 0 Å². The van der Waals surface area contributed by atoms with E-state index in [0.29, 0.717) is 6.04 Å². The largest absolute Gasteiger partial charge is 0.313 e. The van der Waals surface area contributed by atoms with Gasteiger partial charge in [0.15, 0.2) is 0 Å². The summed E-state index contributed by atoms with van der Waals surface area (Å²) in [6, 6.07) is 7.44. The molecule has 3 heteroatoms. The first kappa shape index (κ1) is 15.0. The Morgan fingerprint density at radius 2 is 2.16 bits per heavy atom. The maximum absolute atomic E-state index is 3.71. The van der Waals surface area contributed by atoms with Gasteiger partial charge in [-0.1, -0.05) is 35.0 Å².